The van der Waals surface area contributed by atoms with Crippen LogP contribution in [0.4, 0.5) is 0 Å². The van der Waals surface area contributed by atoms with Crippen LogP contribution in [-0.4, -0.2) is 23.8 Å². The number of hydrogen-bond donors (Lipinski definition) is 1. The number of carboxylic acid groups (broad SMARTS) is 1. The molecule has 0 radical (unpaired) electrons. The van der Waals surface area contributed by atoms with Crippen molar-refractivity contribution in [2.24, 2.45) is 0 Å². The van der Waals surface area contributed by atoms with E-state index < -0.39 is 12.1 Å². The first-order valence-corrected chi connectivity index (χ1v) is 7.85. The van der Waals surface area contributed by atoms with Crippen LogP contribution < -0.4 is 4.74 Å². The van der Waals surface area contributed by atoms with E-state index in [9.17, 15) is 9.90 Å². The van der Waals surface area contributed by atoms with E-state index in [1.54, 1.807) is 0 Å². The predicted octanol–water partition coefficient (Wildman–Crippen LogP) is 4.29. The van der Waals surface area contributed by atoms with Gasteiger partial charge in [-0.15, -0.1) is 0 Å². The van der Waals surface area contributed by atoms with E-state index in [0.29, 0.717) is 13.0 Å². The molecule has 2 aromatic rings. The Balaban J connectivity index is 1.94. The topological polar surface area (TPSA) is 55.8 Å². The molecule has 0 aliphatic rings. The smallest absolute Gasteiger partial charge is 0.333 e. The summed E-state index contributed by atoms with van der Waals surface area (Å²) in [6.45, 7) is 2.52. The van der Waals surface area contributed by atoms with Gasteiger partial charge in [-0.3, -0.25) is 0 Å². The molecule has 0 saturated carbocycles. The maximum atomic E-state index is 11.3. The van der Waals surface area contributed by atoms with Crippen molar-refractivity contribution in [2.45, 2.75) is 32.3 Å². The second kappa shape index (κ2) is 8.96. The fourth-order valence-corrected chi connectivity index (χ4v) is 2.12. The summed E-state index contributed by atoms with van der Waals surface area (Å²) < 4.78 is 11.2. The Morgan fingerprint density at radius 1 is 1.04 bits per heavy atom. The number of para-hydroxylation sites is 1. The van der Waals surface area contributed by atoms with Crippen molar-refractivity contribution in [2.75, 3.05) is 6.61 Å². The molecule has 0 aliphatic carbocycles. The Hall–Kier alpha value is -2.33. The second-order valence-corrected chi connectivity index (χ2v) is 5.31. The summed E-state index contributed by atoms with van der Waals surface area (Å²) in [4.78, 5) is 11.3. The van der Waals surface area contributed by atoms with E-state index >= 15 is 0 Å². The number of unbranched alkanes of at least 4 members (excludes halogenated alkanes) is 1. The molecule has 1 N–H and O–H groups in total. The number of hydrogen-bond acceptors (Lipinski definition) is 3. The molecule has 0 heterocycles. The van der Waals surface area contributed by atoms with Gasteiger partial charge in [0.05, 0.1) is 0 Å². The zero-order valence-corrected chi connectivity index (χ0v) is 13.3. The van der Waals surface area contributed by atoms with Crippen LogP contribution in [0.15, 0.2) is 54.6 Å². The number of carbonyl (C=O) groups is 1. The Labute approximate surface area is 136 Å². The summed E-state index contributed by atoms with van der Waals surface area (Å²) in [5, 5.41) is 9.23. The zero-order chi connectivity index (χ0) is 16.5. The lowest BCUT2D eigenvalue weighted by Gasteiger charge is -2.14. The lowest BCUT2D eigenvalue weighted by Crippen LogP contribution is -2.26. The van der Waals surface area contributed by atoms with E-state index in [4.69, 9.17) is 9.47 Å². The van der Waals surface area contributed by atoms with Crippen molar-refractivity contribution in [3.8, 4) is 11.5 Å². The monoisotopic (exact) mass is 314 g/mol. The van der Waals surface area contributed by atoms with Gasteiger partial charge in [-0.25, -0.2) is 4.79 Å². The van der Waals surface area contributed by atoms with Crippen LogP contribution in [0.5, 0.6) is 11.5 Å². The lowest BCUT2D eigenvalue weighted by molar-refractivity contribution is -0.150. The van der Waals surface area contributed by atoms with Crippen molar-refractivity contribution in [3.63, 3.8) is 0 Å². The molecule has 2 rings (SSSR count). The molecule has 4 heteroatoms. The quantitative estimate of drug-likeness (QED) is 0.701. The summed E-state index contributed by atoms with van der Waals surface area (Å²) in [5.41, 5.74) is 0.911. The van der Waals surface area contributed by atoms with E-state index in [-0.39, 0.29) is 0 Å². The standard InChI is InChI=1S/C19H22O4/c1-2-3-13-22-18(19(20)21)14-15-9-11-17(12-10-15)23-16-7-5-4-6-8-16/h4-12,18H,2-3,13-14H2,1H3,(H,20,21). The first-order valence-electron chi connectivity index (χ1n) is 7.85. The van der Waals surface area contributed by atoms with Crippen LogP contribution in [-0.2, 0) is 16.0 Å². The third-order valence-electron chi connectivity index (χ3n) is 3.42. The van der Waals surface area contributed by atoms with Gasteiger partial charge in [0.2, 0.25) is 0 Å². The molecular weight excluding hydrogens is 292 g/mol. The summed E-state index contributed by atoms with van der Waals surface area (Å²) in [6, 6.07) is 16.9. The van der Waals surface area contributed by atoms with Crippen LogP contribution in [0.25, 0.3) is 0 Å². The van der Waals surface area contributed by atoms with Gasteiger partial charge in [-0.05, 0) is 36.2 Å². The van der Waals surface area contributed by atoms with Crippen LogP contribution in [0.3, 0.4) is 0 Å². The highest BCUT2D eigenvalue weighted by atomic mass is 16.5. The van der Waals surface area contributed by atoms with E-state index in [1.807, 2.05) is 61.5 Å². The molecule has 0 aromatic heterocycles. The highest BCUT2D eigenvalue weighted by molar-refractivity contribution is 5.72. The van der Waals surface area contributed by atoms with Crippen LogP contribution >= 0.6 is 0 Å². The van der Waals surface area contributed by atoms with Gasteiger partial charge in [-0.1, -0.05) is 43.7 Å². The molecule has 0 amide bonds. The molecule has 0 spiro atoms. The lowest BCUT2D eigenvalue weighted by atomic mass is 10.1. The third-order valence-corrected chi connectivity index (χ3v) is 3.42. The van der Waals surface area contributed by atoms with Crippen molar-refractivity contribution in [1.29, 1.82) is 0 Å². The zero-order valence-electron chi connectivity index (χ0n) is 13.3. The molecule has 4 nitrogen and oxygen atoms in total. The van der Waals surface area contributed by atoms with Crippen LogP contribution in [0.2, 0.25) is 0 Å². The Morgan fingerprint density at radius 2 is 1.70 bits per heavy atom. The summed E-state index contributed by atoms with van der Waals surface area (Å²) in [5.74, 6) is 0.566. The molecule has 1 unspecified atom stereocenters. The number of aliphatic carboxylic acids is 1. The predicted molar refractivity (Wildman–Crippen MR) is 88.9 cm³/mol. The van der Waals surface area contributed by atoms with Gasteiger partial charge in [0.15, 0.2) is 6.10 Å². The molecule has 2 aromatic carbocycles. The largest absolute Gasteiger partial charge is 0.479 e. The third kappa shape index (κ3) is 5.75. The van der Waals surface area contributed by atoms with Gasteiger partial charge >= 0.3 is 5.97 Å². The number of benzene rings is 2. The normalized spacial score (nSPS) is 11.9. The average molecular weight is 314 g/mol. The Kier molecular flexibility index (Phi) is 6.63. The minimum absolute atomic E-state index is 0.352. The van der Waals surface area contributed by atoms with E-state index in [2.05, 4.69) is 0 Å². The Bertz CT molecular complexity index is 593. The molecule has 0 fully saturated rings. The first kappa shape index (κ1) is 17.0. The number of carboxylic acids is 1. The SMILES string of the molecule is CCCCOC(Cc1ccc(Oc2ccccc2)cc1)C(=O)O. The van der Waals surface area contributed by atoms with Crippen molar-refractivity contribution in [3.05, 3.63) is 60.2 Å². The number of ether oxygens (including phenoxy) is 2. The van der Waals surface area contributed by atoms with Crippen molar-refractivity contribution >= 4 is 5.97 Å². The molecule has 0 bridgehead atoms. The van der Waals surface area contributed by atoms with E-state index in [0.717, 1.165) is 29.9 Å². The minimum Gasteiger partial charge on any atom is -0.479 e. The van der Waals surface area contributed by atoms with E-state index in [1.165, 1.54) is 0 Å². The summed E-state index contributed by atoms with van der Waals surface area (Å²) >= 11 is 0. The van der Waals surface area contributed by atoms with Gasteiger partial charge in [0.1, 0.15) is 11.5 Å². The fraction of sp³-hybridized carbons (Fsp3) is 0.316. The maximum absolute atomic E-state index is 11.3. The second-order valence-electron chi connectivity index (χ2n) is 5.31. The molecule has 122 valence electrons. The van der Waals surface area contributed by atoms with Crippen molar-refractivity contribution < 1.29 is 19.4 Å². The summed E-state index contributed by atoms with van der Waals surface area (Å²) in [7, 11) is 0. The molecule has 0 saturated heterocycles. The van der Waals surface area contributed by atoms with Gasteiger partial charge in [0.25, 0.3) is 0 Å². The molecule has 1 atom stereocenters. The van der Waals surface area contributed by atoms with Crippen LogP contribution in [0.1, 0.15) is 25.3 Å². The summed E-state index contributed by atoms with van der Waals surface area (Å²) in [6.07, 6.45) is 1.40. The Morgan fingerprint density at radius 3 is 2.30 bits per heavy atom. The first-order chi connectivity index (χ1) is 11.2. The van der Waals surface area contributed by atoms with Crippen molar-refractivity contribution in [1.82, 2.24) is 0 Å². The van der Waals surface area contributed by atoms with Gasteiger partial charge in [-0.2, -0.15) is 0 Å². The van der Waals surface area contributed by atoms with Gasteiger partial charge < -0.3 is 14.6 Å². The highest BCUT2D eigenvalue weighted by Crippen LogP contribution is 2.21. The van der Waals surface area contributed by atoms with Crippen LogP contribution in [0, 0.1) is 0 Å². The molecule has 0 aliphatic heterocycles. The highest BCUT2D eigenvalue weighted by Gasteiger charge is 2.18. The van der Waals surface area contributed by atoms with Gasteiger partial charge in [0, 0.05) is 13.0 Å². The molecule has 23 heavy (non-hydrogen) atoms. The minimum atomic E-state index is -0.925. The number of rotatable bonds is 9. The maximum Gasteiger partial charge on any atom is 0.333 e. The average Bonchev–Trinajstić information content (AvgIpc) is 2.56. The fourth-order valence-electron chi connectivity index (χ4n) is 2.12. The molecular formula is C19H22O4.